The van der Waals surface area contributed by atoms with Gasteiger partial charge in [-0.25, -0.2) is 8.42 Å². The third-order valence-corrected chi connectivity index (χ3v) is 5.13. The molecule has 0 radical (unpaired) electrons. The van der Waals surface area contributed by atoms with E-state index in [0.29, 0.717) is 11.1 Å². The molecule has 0 fully saturated rings. The molecule has 0 bridgehead atoms. The molecular weight excluding hydrogens is 299 g/mol. The van der Waals surface area contributed by atoms with Crippen molar-refractivity contribution in [1.29, 1.82) is 0 Å². The maximum Gasteiger partial charge on any atom is 0.460 e. The third kappa shape index (κ3) is 4.69. The van der Waals surface area contributed by atoms with Crippen molar-refractivity contribution in [1.82, 2.24) is 0 Å². The highest BCUT2D eigenvalue weighted by Gasteiger charge is 2.30. The smallest absolute Gasteiger partial charge is 0.427 e. The molecule has 0 amide bonds. The van der Waals surface area contributed by atoms with Gasteiger partial charge in [-0.2, -0.15) is 0 Å². The van der Waals surface area contributed by atoms with Crippen LogP contribution in [0.1, 0.15) is 22.5 Å². The van der Waals surface area contributed by atoms with E-state index >= 15 is 0 Å². The van der Waals surface area contributed by atoms with Gasteiger partial charge >= 0.3 is 7.12 Å². The molecule has 0 aliphatic heterocycles. The van der Waals surface area contributed by atoms with Crippen LogP contribution in [0, 0.1) is 6.92 Å². The monoisotopic (exact) mass is 318 g/mol. The Morgan fingerprint density at radius 1 is 1.05 bits per heavy atom. The lowest BCUT2D eigenvalue weighted by atomic mass is 9.70. The lowest BCUT2D eigenvalue weighted by molar-refractivity contribution is 0.391. The summed E-state index contributed by atoms with van der Waals surface area (Å²) in [5.41, 5.74) is 2.26. The van der Waals surface area contributed by atoms with E-state index < -0.39 is 22.8 Å². The Morgan fingerprint density at radius 3 is 2.32 bits per heavy atom. The van der Waals surface area contributed by atoms with E-state index in [9.17, 15) is 18.5 Å². The van der Waals surface area contributed by atoms with Crippen LogP contribution in [0.4, 0.5) is 0 Å². The Morgan fingerprint density at radius 2 is 1.73 bits per heavy atom. The Kier molecular flexibility index (Phi) is 5.40. The van der Waals surface area contributed by atoms with Crippen molar-refractivity contribution in [2.75, 3.05) is 5.75 Å². The van der Waals surface area contributed by atoms with Gasteiger partial charge in [0.15, 0.2) is 9.84 Å². The molecule has 1 atom stereocenters. The molecule has 2 aromatic carbocycles. The number of aryl methyl sites for hydroxylation is 1. The first kappa shape index (κ1) is 16.7. The first-order chi connectivity index (χ1) is 10.4. The summed E-state index contributed by atoms with van der Waals surface area (Å²) in [4.78, 5) is 0. The van der Waals surface area contributed by atoms with Gasteiger partial charge in [-0.3, -0.25) is 0 Å². The lowest BCUT2D eigenvalue weighted by Gasteiger charge is -2.17. The molecule has 0 aliphatic carbocycles. The summed E-state index contributed by atoms with van der Waals surface area (Å²) in [6.45, 7) is 1.88. The Balaban J connectivity index is 2.20. The fraction of sp³-hybridized carbons (Fsp3) is 0.250. The second-order valence-electron chi connectivity index (χ2n) is 5.47. The summed E-state index contributed by atoms with van der Waals surface area (Å²) in [5.74, 6) is -1.26. The van der Waals surface area contributed by atoms with Gasteiger partial charge in [-0.1, -0.05) is 60.2 Å². The molecule has 116 valence electrons. The zero-order valence-corrected chi connectivity index (χ0v) is 13.2. The van der Waals surface area contributed by atoms with Crippen LogP contribution in [0.2, 0.25) is 0 Å². The van der Waals surface area contributed by atoms with E-state index in [2.05, 4.69) is 0 Å². The second kappa shape index (κ2) is 7.09. The molecule has 2 N–H and O–H groups in total. The molecule has 0 saturated carbocycles. The zero-order valence-electron chi connectivity index (χ0n) is 12.4. The Labute approximate surface area is 131 Å². The zero-order chi connectivity index (χ0) is 16.2. The molecule has 2 aromatic rings. The van der Waals surface area contributed by atoms with Gasteiger partial charge in [-0.15, -0.1) is 0 Å². The summed E-state index contributed by atoms with van der Waals surface area (Å²) in [7, 11) is -5.18. The summed E-state index contributed by atoms with van der Waals surface area (Å²) in [6.07, 6.45) is 0. The maximum absolute atomic E-state index is 12.4. The minimum absolute atomic E-state index is 0.108. The van der Waals surface area contributed by atoms with E-state index in [-0.39, 0.29) is 11.5 Å². The van der Waals surface area contributed by atoms with Crippen molar-refractivity contribution in [2.45, 2.75) is 18.5 Å². The van der Waals surface area contributed by atoms with Gasteiger partial charge in [0.05, 0.1) is 11.5 Å². The van der Waals surface area contributed by atoms with Gasteiger partial charge in [0.25, 0.3) is 0 Å². The van der Waals surface area contributed by atoms with Gasteiger partial charge in [0.2, 0.25) is 0 Å². The van der Waals surface area contributed by atoms with Crippen LogP contribution in [0.3, 0.4) is 0 Å². The van der Waals surface area contributed by atoms with Crippen molar-refractivity contribution in [2.24, 2.45) is 0 Å². The molecule has 0 unspecified atom stereocenters. The molecule has 0 saturated heterocycles. The lowest BCUT2D eigenvalue weighted by Crippen LogP contribution is -2.30. The van der Waals surface area contributed by atoms with Crippen molar-refractivity contribution in [3.8, 4) is 0 Å². The van der Waals surface area contributed by atoms with E-state index in [4.69, 9.17) is 0 Å². The van der Waals surface area contributed by atoms with Crippen LogP contribution >= 0.6 is 0 Å². The van der Waals surface area contributed by atoms with Crippen LogP contribution in [-0.2, 0) is 15.6 Å². The number of hydrogen-bond acceptors (Lipinski definition) is 4. The maximum atomic E-state index is 12.4. The van der Waals surface area contributed by atoms with Crippen molar-refractivity contribution >= 4 is 17.0 Å². The van der Waals surface area contributed by atoms with Crippen molar-refractivity contribution < 1.29 is 18.5 Å². The Bertz CT molecular complexity index is 714. The Hall–Kier alpha value is -1.63. The highest BCUT2D eigenvalue weighted by atomic mass is 32.2. The van der Waals surface area contributed by atoms with Gasteiger partial charge in [-0.05, 0) is 18.1 Å². The van der Waals surface area contributed by atoms with Crippen molar-refractivity contribution in [3.63, 3.8) is 0 Å². The molecule has 0 aromatic heterocycles. The van der Waals surface area contributed by atoms with E-state index in [1.807, 2.05) is 19.1 Å². The quantitative estimate of drug-likeness (QED) is 0.795. The SMILES string of the molecule is Cc1cccc([C@H](CS(=O)(=O)Cc2ccccc2)B(O)O)c1. The number of sulfone groups is 1. The average Bonchev–Trinajstić information content (AvgIpc) is 2.45. The summed E-state index contributed by atoms with van der Waals surface area (Å²) in [5, 5.41) is 19.2. The summed E-state index contributed by atoms with van der Waals surface area (Å²) >= 11 is 0. The number of hydrogen-bond donors (Lipinski definition) is 2. The molecule has 6 heteroatoms. The van der Waals surface area contributed by atoms with Gasteiger partial charge < -0.3 is 10.0 Å². The molecular formula is C16H19BO4S. The molecule has 0 spiro atoms. The largest absolute Gasteiger partial charge is 0.460 e. The van der Waals surface area contributed by atoms with Crippen LogP contribution < -0.4 is 0 Å². The summed E-state index contributed by atoms with van der Waals surface area (Å²) in [6, 6.07) is 16.0. The second-order valence-corrected chi connectivity index (χ2v) is 7.58. The van der Waals surface area contributed by atoms with Crippen LogP contribution in [0.5, 0.6) is 0 Å². The molecule has 2 rings (SSSR count). The summed E-state index contributed by atoms with van der Waals surface area (Å²) < 4.78 is 24.7. The standard InChI is InChI=1S/C16H19BO4S/c1-13-6-5-9-15(10-13)16(17(18)19)12-22(20,21)11-14-7-3-2-4-8-14/h2-10,16,18-19H,11-12H2,1H3/t16-/m0/s1. The average molecular weight is 318 g/mol. The van der Waals surface area contributed by atoms with Gasteiger partial charge in [0.1, 0.15) is 0 Å². The van der Waals surface area contributed by atoms with E-state index in [1.54, 1.807) is 42.5 Å². The first-order valence-electron chi connectivity index (χ1n) is 7.04. The van der Waals surface area contributed by atoms with Crippen LogP contribution in [0.25, 0.3) is 0 Å². The molecule has 0 heterocycles. The van der Waals surface area contributed by atoms with E-state index in [1.165, 1.54) is 0 Å². The predicted octanol–water partition coefficient (Wildman–Crippen LogP) is 1.71. The molecule has 4 nitrogen and oxygen atoms in total. The van der Waals surface area contributed by atoms with Gasteiger partial charge in [0, 0.05) is 5.82 Å². The topological polar surface area (TPSA) is 74.6 Å². The number of rotatable bonds is 6. The fourth-order valence-electron chi connectivity index (χ4n) is 2.42. The van der Waals surface area contributed by atoms with E-state index in [0.717, 1.165) is 5.56 Å². The predicted molar refractivity (Wildman–Crippen MR) is 88.0 cm³/mol. The number of benzene rings is 2. The minimum Gasteiger partial charge on any atom is -0.427 e. The third-order valence-electron chi connectivity index (χ3n) is 3.49. The fourth-order valence-corrected chi connectivity index (χ4v) is 4.15. The van der Waals surface area contributed by atoms with Crippen molar-refractivity contribution in [3.05, 3.63) is 71.3 Å². The molecule has 0 aliphatic rings. The highest BCUT2D eigenvalue weighted by molar-refractivity contribution is 7.90. The normalized spacial score (nSPS) is 12.9. The first-order valence-corrected chi connectivity index (χ1v) is 8.86. The minimum atomic E-state index is -3.46. The molecule has 22 heavy (non-hydrogen) atoms. The van der Waals surface area contributed by atoms with Crippen LogP contribution in [-0.4, -0.2) is 31.3 Å². The highest BCUT2D eigenvalue weighted by Crippen LogP contribution is 2.22. The van der Waals surface area contributed by atoms with Crippen LogP contribution in [0.15, 0.2) is 54.6 Å².